The monoisotopic (exact) mass is 342 g/mol. The van der Waals surface area contributed by atoms with E-state index < -0.39 is 0 Å². The van der Waals surface area contributed by atoms with Gasteiger partial charge in [0.25, 0.3) is 0 Å². The largest absolute Gasteiger partial charge is 0.423 e. The lowest BCUT2D eigenvalue weighted by atomic mass is 10.3. The Hall–Kier alpha value is -3.15. The summed E-state index contributed by atoms with van der Waals surface area (Å²) >= 11 is 5.94. The van der Waals surface area contributed by atoms with E-state index >= 15 is 0 Å². The van der Waals surface area contributed by atoms with Crippen molar-refractivity contribution in [1.29, 1.82) is 0 Å². The number of nitrogens with zero attached hydrogens (tertiary/aromatic N) is 3. The molecule has 0 aliphatic heterocycles. The first-order valence-corrected chi connectivity index (χ1v) is 7.24. The van der Waals surface area contributed by atoms with E-state index in [0.717, 1.165) is 16.6 Å². The normalized spacial score (nSPS) is 10.2. The molecule has 1 N–H and O–H groups in total. The summed E-state index contributed by atoms with van der Waals surface area (Å²) in [5.74, 6) is 0.675. The van der Waals surface area contributed by atoms with Gasteiger partial charge in [0.1, 0.15) is 5.52 Å². The number of aromatic nitrogens is 3. The Morgan fingerprint density at radius 1 is 1.12 bits per heavy atom. The van der Waals surface area contributed by atoms with Gasteiger partial charge in [0.2, 0.25) is 5.95 Å². The number of rotatable bonds is 2. The second-order valence-corrected chi connectivity index (χ2v) is 5.26. The molecule has 0 saturated heterocycles. The fourth-order valence-electron chi connectivity index (χ4n) is 2.30. The second-order valence-electron chi connectivity index (χ2n) is 4.82. The highest BCUT2D eigenvalue weighted by molar-refractivity contribution is 6.31. The molecule has 4 aromatic rings. The summed E-state index contributed by atoms with van der Waals surface area (Å²) in [6, 6.07) is 13.7. The second kappa shape index (κ2) is 6.54. The zero-order valence-corrected chi connectivity index (χ0v) is 13.2. The SMILES string of the molecule is Cn1c(Nc2nc3ccc(Cl)cc3o2)nc2ccccc21.O=C=O. The highest BCUT2D eigenvalue weighted by Gasteiger charge is 2.11. The quantitative estimate of drug-likeness (QED) is 0.599. The number of aryl methyl sites for hydroxylation is 1. The molecule has 8 heteroatoms. The number of imidazole rings is 1. The lowest BCUT2D eigenvalue weighted by Gasteiger charge is -2.01. The van der Waals surface area contributed by atoms with Crippen molar-refractivity contribution in [3.05, 3.63) is 47.5 Å². The highest BCUT2D eigenvalue weighted by Crippen LogP contribution is 2.25. The number of hydrogen-bond acceptors (Lipinski definition) is 6. The van der Waals surface area contributed by atoms with Gasteiger partial charge in [-0.3, -0.25) is 5.32 Å². The van der Waals surface area contributed by atoms with E-state index in [4.69, 9.17) is 25.6 Å². The third-order valence-electron chi connectivity index (χ3n) is 3.36. The van der Waals surface area contributed by atoms with E-state index in [-0.39, 0.29) is 6.15 Å². The summed E-state index contributed by atoms with van der Waals surface area (Å²) < 4.78 is 7.60. The fraction of sp³-hybridized carbons (Fsp3) is 0.0625. The lowest BCUT2D eigenvalue weighted by molar-refractivity contribution is -0.191. The van der Waals surface area contributed by atoms with Crippen molar-refractivity contribution in [3.63, 3.8) is 0 Å². The number of para-hydroxylation sites is 2. The molecule has 0 bridgehead atoms. The van der Waals surface area contributed by atoms with Crippen LogP contribution in [0.1, 0.15) is 0 Å². The molecule has 24 heavy (non-hydrogen) atoms. The van der Waals surface area contributed by atoms with Crippen LogP contribution < -0.4 is 5.32 Å². The number of nitrogens with one attached hydrogen (secondary N) is 1. The van der Waals surface area contributed by atoms with Crippen LogP contribution in [0.15, 0.2) is 46.9 Å². The summed E-state index contributed by atoms with van der Waals surface area (Å²) in [6.07, 6.45) is 0.250. The van der Waals surface area contributed by atoms with Crippen LogP contribution in [0.5, 0.6) is 0 Å². The van der Waals surface area contributed by atoms with Gasteiger partial charge in [0.05, 0.1) is 11.0 Å². The first-order valence-electron chi connectivity index (χ1n) is 6.86. The van der Waals surface area contributed by atoms with Gasteiger partial charge in [-0.15, -0.1) is 0 Å². The van der Waals surface area contributed by atoms with E-state index in [0.29, 0.717) is 22.6 Å². The minimum atomic E-state index is 0.250. The topological polar surface area (TPSA) is 90.0 Å². The lowest BCUT2D eigenvalue weighted by Crippen LogP contribution is -1.98. The van der Waals surface area contributed by atoms with Crippen molar-refractivity contribution in [2.24, 2.45) is 7.05 Å². The number of fused-ring (bicyclic) bond motifs is 2. The molecule has 0 aliphatic carbocycles. The van der Waals surface area contributed by atoms with Crippen LogP contribution in [0, 0.1) is 0 Å². The predicted octanol–water partition coefficient (Wildman–Crippen LogP) is 3.53. The number of carbonyl (C=O) groups excluding carboxylic acids is 2. The molecule has 0 saturated carbocycles. The van der Waals surface area contributed by atoms with E-state index in [1.165, 1.54) is 0 Å². The van der Waals surface area contributed by atoms with Crippen LogP contribution in [-0.2, 0) is 16.6 Å². The summed E-state index contributed by atoms with van der Waals surface area (Å²) in [7, 11) is 1.94. The molecule has 0 radical (unpaired) electrons. The Morgan fingerprint density at radius 3 is 2.62 bits per heavy atom. The molecule has 0 fully saturated rings. The van der Waals surface area contributed by atoms with Gasteiger partial charge in [-0.05, 0) is 24.3 Å². The maximum Gasteiger partial charge on any atom is 0.373 e. The molecule has 4 rings (SSSR count). The molecule has 0 aliphatic rings. The van der Waals surface area contributed by atoms with Crippen LogP contribution in [0.2, 0.25) is 5.02 Å². The minimum Gasteiger partial charge on any atom is -0.423 e. The first-order chi connectivity index (χ1) is 11.6. The molecule has 0 atom stereocenters. The predicted molar refractivity (Wildman–Crippen MR) is 88.0 cm³/mol. The zero-order chi connectivity index (χ0) is 17.1. The van der Waals surface area contributed by atoms with Gasteiger partial charge < -0.3 is 8.98 Å². The van der Waals surface area contributed by atoms with Crippen LogP contribution in [-0.4, -0.2) is 20.7 Å². The standard InChI is InChI=1S/C15H11ClN4O.CO2/c1-20-12-5-3-2-4-10(12)17-14(20)19-15-18-11-7-6-9(16)8-13(11)21-15;2-1-3/h2-8H,1H3,(H,17,18,19);. The average molecular weight is 343 g/mol. The van der Waals surface area contributed by atoms with E-state index in [9.17, 15) is 0 Å². The maximum atomic E-state index is 8.12. The Balaban J connectivity index is 0.000000526. The van der Waals surface area contributed by atoms with Crippen molar-refractivity contribution in [2.45, 2.75) is 0 Å². The number of oxazole rings is 1. The van der Waals surface area contributed by atoms with E-state index in [1.54, 1.807) is 12.1 Å². The fourth-order valence-corrected chi connectivity index (χ4v) is 2.47. The molecular weight excluding hydrogens is 332 g/mol. The van der Waals surface area contributed by atoms with Crippen molar-refractivity contribution in [3.8, 4) is 0 Å². The first kappa shape index (κ1) is 15.7. The molecule has 2 aromatic carbocycles. The van der Waals surface area contributed by atoms with Gasteiger partial charge >= 0.3 is 12.2 Å². The van der Waals surface area contributed by atoms with Crippen LogP contribution in [0.4, 0.5) is 12.0 Å². The molecule has 0 amide bonds. The van der Waals surface area contributed by atoms with Gasteiger partial charge in [-0.1, -0.05) is 23.7 Å². The maximum absolute atomic E-state index is 8.12. The van der Waals surface area contributed by atoms with Crippen molar-refractivity contribution in [1.82, 2.24) is 14.5 Å². The number of benzene rings is 2. The molecule has 7 nitrogen and oxygen atoms in total. The zero-order valence-electron chi connectivity index (χ0n) is 12.5. The molecule has 120 valence electrons. The van der Waals surface area contributed by atoms with Gasteiger partial charge in [-0.25, -0.2) is 4.98 Å². The Labute approximate surface area is 140 Å². The summed E-state index contributed by atoms with van der Waals surface area (Å²) in [4.78, 5) is 25.1. The third-order valence-corrected chi connectivity index (χ3v) is 3.59. The summed E-state index contributed by atoms with van der Waals surface area (Å²) in [6.45, 7) is 0. The van der Waals surface area contributed by atoms with E-state index in [1.807, 2.05) is 41.9 Å². The van der Waals surface area contributed by atoms with Crippen LogP contribution in [0.25, 0.3) is 22.1 Å². The third kappa shape index (κ3) is 2.99. The molecular formula is C16H11ClN4O3. The highest BCUT2D eigenvalue weighted by atomic mass is 35.5. The number of halogens is 1. The molecule has 0 spiro atoms. The molecule has 0 unspecified atom stereocenters. The van der Waals surface area contributed by atoms with Gasteiger partial charge in [0.15, 0.2) is 5.58 Å². The average Bonchev–Trinajstić information content (AvgIpc) is 3.09. The van der Waals surface area contributed by atoms with Crippen LogP contribution >= 0.6 is 11.6 Å². The summed E-state index contributed by atoms with van der Waals surface area (Å²) in [5, 5.41) is 3.72. The van der Waals surface area contributed by atoms with Crippen LogP contribution in [0.3, 0.4) is 0 Å². The molecule has 2 heterocycles. The number of anilines is 2. The Kier molecular flexibility index (Phi) is 4.29. The van der Waals surface area contributed by atoms with Crippen molar-refractivity contribution in [2.75, 3.05) is 5.32 Å². The summed E-state index contributed by atoms with van der Waals surface area (Å²) in [5.41, 5.74) is 3.35. The smallest absolute Gasteiger partial charge is 0.373 e. The van der Waals surface area contributed by atoms with Crippen molar-refractivity contribution >= 4 is 51.8 Å². The molecule has 2 aromatic heterocycles. The van der Waals surface area contributed by atoms with E-state index in [2.05, 4.69) is 15.3 Å². The minimum absolute atomic E-state index is 0.250. The Bertz CT molecular complexity index is 1050. The number of hydrogen-bond donors (Lipinski definition) is 1. The van der Waals surface area contributed by atoms with Crippen molar-refractivity contribution < 1.29 is 14.0 Å². The van der Waals surface area contributed by atoms with Gasteiger partial charge in [-0.2, -0.15) is 14.6 Å². The van der Waals surface area contributed by atoms with Gasteiger partial charge in [0, 0.05) is 18.1 Å². The Morgan fingerprint density at radius 2 is 1.88 bits per heavy atom.